The Labute approximate surface area is 69.0 Å². The summed E-state index contributed by atoms with van der Waals surface area (Å²) in [5.41, 5.74) is 0.859. The molecule has 0 spiro atoms. The van der Waals surface area contributed by atoms with Crippen LogP contribution in [0.4, 0.5) is 0 Å². The lowest BCUT2D eigenvalue weighted by molar-refractivity contribution is 0.387. The molecule has 5 nitrogen and oxygen atoms in total. The van der Waals surface area contributed by atoms with E-state index >= 15 is 0 Å². The van der Waals surface area contributed by atoms with Crippen LogP contribution in [0.5, 0.6) is 0 Å². The topological polar surface area (TPSA) is 56.7 Å². The number of nitrogens with zero attached hydrogens (tertiary/aromatic N) is 4. The number of rotatable bonds is 2. The summed E-state index contributed by atoms with van der Waals surface area (Å²) < 4.78 is 6.59. The molecule has 0 N–H and O–H groups in total. The van der Waals surface area contributed by atoms with E-state index in [4.69, 9.17) is 4.52 Å². The van der Waals surface area contributed by atoms with Gasteiger partial charge in [0, 0.05) is 12.3 Å². The third-order valence-corrected chi connectivity index (χ3v) is 1.47. The second-order valence-corrected chi connectivity index (χ2v) is 2.53. The van der Waals surface area contributed by atoms with Gasteiger partial charge in [-0.15, -0.1) is 5.10 Å². The molecular formula is C7H8N4O. The van der Waals surface area contributed by atoms with E-state index in [2.05, 4.69) is 15.5 Å². The van der Waals surface area contributed by atoms with Crippen molar-refractivity contribution in [3.05, 3.63) is 29.9 Å². The first-order valence-electron chi connectivity index (χ1n) is 3.61. The van der Waals surface area contributed by atoms with Gasteiger partial charge in [0.05, 0.1) is 12.7 Å². The molecule has 0 atom stereocenters. The summed E-state index contributed by atoms with van der Waals surface area (Å²) in [5, 5.41) is 11.3. The summed E-state index contributed by atoms with van der Waals surface area (Å²) >= 11 is 0. The predicted molar refractivity (Wildman–Crippen MR) is 40.4 cm³/mol. The second kappa shape index (κ2) is 2.77. The zero-order valence-corrected chi connectivity index (χ0v) is 6.64. The molecule has 0 radical (unpaired) electrons. The van der Waals surface area contributed by atoms with Gasteiger partial charge in [0.15, 0.2) is 0 Å². The molecular weight excluding hydrogens is 156 g/mol. The molecule has 0 bridgehead atoms. The Kier molecular flexibility index (Phi) is 1.62. The third-order valence-electron chi connectivity index (χ3n) is 1.47. The van der Waals surface area contributed by atoms with E-state index in [1.165, 1.54) is 0 Å². The van der Waals surface area contributed by atoms with E-state index in [0.29, 0.717) is 6.54 Å². The maximum atomic E-state index is 4.90. The van der Waals surface area contributed by atoms with Crippen molar-refractivity contribution in [1.29, 1.82) is 0 Å². The maximum Gasteiger partial charge on any atom is 0.133 e. The molecule has 0 saturated heterocycles. The predicted octanol–water partition coefficient (Wildman–Crippen LogP) is 0.623. The van der Waals surface area contributed by atoms with Gasteiger partial charge in [0.1, 0.15) is 11.5 Å². The minimum absolute atomic E-state index is 0.608. The van der Waals surface area contributed by atoms with Gasteiger partial charge in [0.25, 0.3) is 0 Å². The quantitative estimate of drug-likeness (QED) is 0.653. The van der Waals surface area contributed by atoms with Crippen molar-refractivity contribution in [3.8, 4) is 0 Å². The molecule has 2 rings (SSSR count). The molecule has 0 amide bonds. The lowest BCUT2D eigenvalue weighted by atomic mass is 10.4. The van der Waals surface area contributed by atoms with Gasteiger partial charge in [-0.3, -0.25) is 0 Å². The maximum absolute atomic E-state index is 4.90. The summed E-state index contributed by atoms with van der Waals surface area (Å²) in [4.78, 5) is 0. The van der Waals surface area contributed by atoms with E-state index in [1.807, 2.05) is 13.0 Å². The van der Waals surface area contributed by atoms with Crippen LogP contribution in [0.1, 0.15) is 11.5 Å². The molecule has 0 saturated carbocycles. The minimum atomic E-state index is 0.608. The van der Waals surface area contributed by atoms with Crippen LogP contribution in [0.2, 0.25) is 0 Å². The Morgan fingerprint density at radius 2 is 2.50 bits per heavy atom. The Hall–Kier alpha value is -1.65. The Bertz CT molecular complexity index is 351. The summed E-state index contributed by atoms with van der Waals surface area (Å²) in [5.74, 6) is 0.810. The highest BCUT2D eigenvalue weighted by molar-refractivity contribution is 5.03. The second-order valence-electron chi connectivity index (χ2n) is 2.53. The van der Waals surface area contributed by atoms with E-state index < -0.39 is 0 Å². The first kappa shape index (κ1) is 7.02. The Morgan fingerprint density at radius 3 is 3.08 bits per heavy atom. The number of aromatic nitrogens is 4. The molecule has 0 aromatic carbocycles. The largest absolute Gasteiger partial charge is 0.361 e. The normalized spacial score (nSPS) is 10.4. The van der Waals surface area contributed by atoms with Crippen molar-refractivity contribution in [2.75, 3.05) is 0 Å². The van der Waals surface area contributed by atoms with E-state index in [-0.39, 0.29) is 0 Å². The van der Waals surface area contributed by atoms with Crippen molar-refractivity contribution in [2.24, 2.45) is 0 Å². The third kappa shape index (κ3) is 1.34. The number of hydrogen-bond acceptors (Lipinski definition) is 4. The van der Waals surface area contributed by atoms with Crippen LogP contribution in [-0.2, 0) is 6.54 Å². The Balaban J connectivity index is 2.14. The average molecular weight is 164 g/mol. The van der Waals surface area contributed by atoms with Crippen LogP contribution in [0.15, 0.2) is 23.0 Å². The van der Waals surface area contributed by atoms with Gasteiger partial charge in [-0.05, 0) is 6.92 Å². The summed E-state index contributed by atoms with van der Waals surface area (Å²) in [7, 11) is 0. The van der Waals surface area contributed by atoms with Gasteiger partial charge in [0.2, 0.25) is 0 Å². The van der Waals surface area contributed by atoms with Gasteiger partial charge in [-0.25, -0.2) is 4.68 Å². The zero-order chi connectivity index (χ0) is 8.39. The van der Waals surface area contributed by atoms with Crippen molar-refractivity contribution >= 4 is 0 Å². The van der Waals surface area contributed by atoms with Crippen LogP contribution < -0.4 is 0 Å². The van der Waals surface area contributed by atoms with Crippen molar-refractivity contribution < 1.29 is 4.52 Å². The molecule has 12 heavy (non-hydrogen) atoms. The lowest BCUT2D eigenvalue weighted by Crippen LogP contribution is -2.00. The minimum Gasteiger partial charge on any atom is -0.361 e. The monoisotopic (exact) mass is 164 g/mol. The van der Waals surface area contributed by atoms with Gasteiger partial charge in [-0.1, -0.05) is 10.4 Å². The summed E-state index contributed by atoms with van der Waals surface area (Å²) in [6.45, 7) is 2.47. The SMILES string of the molecule is Cc1cc(Cn2ccnn2)no1. The fourth-order valence-corrected chi connectivity index (χ4v) is 0.976. The van der Waals surface area contributed by atoms with E-state index in [1.54, 1.807) is 17.1 Å². The average Bonchev–Trinajstić information content (AvgIpc) is 2.63. The molecule has 2 aromatic rings. The molecule has 0 aliphatic heterocycles. The molecule has 0 aliphatic rings. The zero-order valence-electron chi connectivity index (χ0n) is 6.64. The fraction of sp³-hybridized carbons (Fsp3) is 0.286. The van der Waals surface area contributed by atoms with Crippen molar-refractivity contribution in [2.45, 2.75) is 13.5 Å². The molecule has 2 aromatic heterocycles. The highest BCUT2D eigenvalue weighted by Crippen LogP contribution is 2.02. The van der Waals surface area contributed by atoms with Crippen LogP contribution >= 0.6 is 0 Å². The molecule has 5 heteroatoms. The van der Waals surface area contributed by atoms with Crippen molar-refractivity contribution in [3.63, 3.8) is 0 Å². The first-order valence-corrected chi connectivity index (χ1v) is 3.61. The molecule has 0 unspecified atom stereocenters. The van der Waals surface area contributed by atoms with Gasteiger partial charge >= 0.3 is 0 Å². The Morgan fingerprint density at radius 1 is 1.58 bits per heavy atom. The molecule has 62 valence electrons. The standard InChI is InChI=1S/C7H8N4O/c1-6-4-7(9-12-6)5-11-3-2-8-10-11/h2-4H,5H2,1H3. The molecule has 0 aliphatic carbocycles. The van der Waals surface area contributed by atoms with Crippen LogP contribution in [-0.4, -0.2) is 20.2 Å². The summed E-state index contributed by atoms with van der Waals surface area (Å²) in [6, 6.07) is 1.88. The van der Waals surface area contributed by atoms with Crippen LogP contribution in [0, 0.1) is 6.92 Å². The highest BCUT2D eigenvalue weighted by atomic mass is 16.5. The van der Waals surface area contributed by atoms with Crippen molar-refractivity contribution in [1.82, 2.24) is 20.2 Å². The highest BCUT2D eigenvalue weighted by Gasteiger charge is 2.00. The fourth-order valence-electron chi connectivity index (χ4n) is 0.976. The summed E-state index contributed by atoms with van der Waals surface area (Å²) in [6.07, 6.45) is 3.41. The number of aryl methyl sites for hydroxylation is 1. The lowest BCUT2D eigenvalue weighted by Gasteiger charge is -1.91. The molecule has 0 fully saturated rings. The van der Waals surface area contributed by atoms with Gasteiger partial charge in [-0.2, -0.15) is 0 Å². The van der Waals surface area contributed by atoms with Gasteiger partial charge < -0.3 is 4.52 Å². The number of hydrogen-bond donors (Lipinski definition) is 0. The molecule has 2 heterocycles. The van der Waals surface area contributed by atoms with E-state index in [0.717, 1.165) is 11.5 Å². The smallest absolute Gasteiger partial charge is 0.133 e. The first-order chi connectivity index (χ1) is 5.84. The van der Waals surface area contributed by atoms with Crippen LogP contribution in [0.3, 0.4) is 0 Å². The van der Waals surface area contributed by atoms with E-state index in [9.17, 15) is 0 Å². The van der Waals surface area contributed by atoms with Crippen LogP contribution in [0.25, 0.3) is 0 Å².